The van der Waals surface area contributed by atoms with Gasteiger partial charge in [0.2, 0.25) is 5.56 Å². The van der Waals surface area contributed by atoms with Crippen LogP contribution < -0.4 is 5.56 Å². The van der Waals surface area contributed by atoms with E-state index in [9.17, 15) is 9.59 Å². The van der Waals surface area contributed by atoms with Crippen molar-refractivity contribution in [1.82, 2.24) is 14.8 Å². The van der Waals surface area contributed by atoms with E-state index >= 15 is 0 Å². The SMILES string of the molecule is Cc1ccccc1[C@H]1[C@@H]2CN(C(=O)c3cccc(=O)[nH]3)C[C@@H]2CN1C. The average Bonchev–Trinajstić information content (AvgIpc) is 3.12. The van der Waals surface area contributed by atoms with Gasteiger partial charge in [0.15, 0.2) is 0 Å². The third kappa shape index (κ3) is 2.78. The molecule has 1 aromatic heterocycles. The van der Waals surface area contributed by atoms with E-state index in [0.717, 1.165) is 19.6 Å². The molecule has 0 aliphatic carbocycles. The molecule has 2 aliphatic rings. The van der Waals surface area contributed by atoms with E-state index in [1.165, 1.54) is 17.2 Å². The second kappa shape index (κ2) is 6.15. The van der Waals surface area contributed by atoms with Gasteiger partial charge in [-0.1, -0.05) is 30.3 Å². The summed E-state index contributed by atoms with van der Waals surface area (Å²) in [5.74, 6) is 0.845. The number of aryl methyl sites for hydroxylation is 1. The van der Waals surface area contributed by atoms with E-state index in [2.05, 4.69) is 48.1 Å². The third-order valence-corrected chi connectivity index (χ3v) is 5.69. The van der Waals surface area contributed by atoms with E-state index in [1.807, 2.05) is 4.90 Å². The highest BCUT2D eigenvalue weighted by molar-refractivity contribution is 5.92. The van der Waals surface area contributed by atoms with Crippen molar-refractivity contribution in [3.63, 3.8) is 0 Å². The number of nitrogens with one attached hydrogen (secondary N) is 1. The van der Waals surface area contributed by atoms with Crippen molar-refractivity contribution < 1.29 is 4.79 Å². The molecule has 1 amide bonds. The molecule has 1 aromatic carbocycles. The fourth-order valence-electron chi connectivity index (χ4n) is 4.55. The first-order chi connectivity index (χ1) is 12.0. The molecule has 0 unspecified atom stereocenters. The highest BCUT2D eigenvalue weighted by atomic mass is 16.2. The van der Waals surface area contributed by atoms with Gasteiger partial charge in [-0.25, -0.2) is 0 Å². The van der Waals surface area contributed by atoms with E-state index in [4.69, 9.17) is 0 Å². The molecular formula is C20H23N3O2. The number of pyridine rings is 1. The van der Waals surface area contributed by atoms with E-state index in [0.29, 0.717) is 23.6 Å². The predicted octanol–water partition coefficient (Wildman–Crippen LogP) is 2.06. The Morgan fingerprint density at radius 3 is 2.64 bits per heavy atom. The lowest BCUT2D eigenvalue weighted by Gasteiger charge is -2.28. The average molecular weight is 337 g/mol. The number of likely N-dealkylation sites (tertiary alicyclic amines) is 2. The fourth-order valence-corrected chi connectivity index (χ4v) is 4.55. The van der Waals surface area contributed by atoms with Gasteiger partial charge in [0.05, 0.1) is 0 Å². The number of H-pyrrole nitrogens is 1. The van der Waals surface area contributed by atoms with Crippen LogP contribution in [0.4, 0.5) is 0 Å². The number of rotatable bonds is 2. The van der Waals surface area contributed by atoms with Crippen molar-refractivity contribution in [2.24, 2.45) is 11.8 Å². The quantitative estimate of drug-likeness (QED) is 0.913. The summed E-state index contributed by atoms with van der Waals surface area (Å²) in [7, 11) is 2.18. The summed E-state index contributed by atoms with van der Waals surface area (Å²) in [5.41, 5.74) is 2.81. The van der Waals surface area contributed by atoms with Crippen LogP contribution in [0.5, 0.6) is 0 Å². The zero-order valence-corrected chi connectivity index (χ0v) is 14.6. The molecule has 1 N–H and O–H groups in total. The first kappa shape index (κ1) is 16.1. The second-order valence-electron chi connectivity index (χ2n) is 7.30. The molecule has 2 fully saturated rings. The Bertz CT molecular complexity index is 860. The Kier molecular flexibility index (Phi) is 3.96. The van der Waals surface area contributed by atoms with Gasteiger partial charge in [-0.3, -0.25) is 14.5 Å². The van der Waals surface area contributed by atoms with Crippen molar-refractivity contribution in [3.8, 4) is 0 Å². The summed E-state index contributed by atoms with van der Waals surface area (Å²) in [4.78, 5) is 31.2. The van der Waals surface area contributed by atoms with Crippen LogP contribution in [0.25, 0.3) is 0 Å². The van der Waals surface area contributed by atoms with E-state index in [-0.39, 0.29) is 11.5 Å². The Morgan fingerprint density at radius 1 is 1.08 bits per heavy atom. The zero-order chi connectivity index (χ0) is 17.6. The van der Waals surface area contributed by atoms with Crippen LogP contribution in [-0.2, 0) is 0 Å². The minimum absolute atomic E-state index is 0.0710. The van der Waals surface area contributed by atoms with Crippen molar-refractivity contribution in [3.05, 3.63) is 69.6 Å². The number of benzene rings is 1. The summed E-state index contributed by atoms with van der Waals surface area (Å²) in [6, 6.07) is 13.6. The molecule has 0 spiro atoms. The summed E-state index contributed by atoms with van der Waals surface area (Å²) in [6.07, 6.45) is 0. The molecule has 0 radical (unpaired) electrons. The van der Waals surface area contributed by atoms with Gasteiger partial charge < -0.3 is 9.88 Å². The van der Waals surface area contributed by atoms with Crippen molar-refractivity contribution >= 4 is 5.91 Å². The van der Waals surface area contributed by atoms with Crippen LogP contribution >= 0.6 is 0 Å². The Balaban J connectivity index is 1.58. The van der Waals surface area contributed by atoms with Crippen LogP contribution in [0.15, 0.2) is 47.3 Å². The molecule has 25 heavy (non-hydrogen) atoms. The largest absolute Gasteiger partial charge is 0.337 e. The van der Waals surface area contributed by atoms with Gasteiger partial charge >= 0.3 is 0 Å². The van der Waals surface area contributed by atoms with Crippen LogP contribution in [0.2, 0.25) is 0 Å². The smallest absolute Gasteiger partial charge is 0.270 e. The maximum atomic E-state index is 12.8. The van der Waals surface area contributed by atoms with Crippen molar-refractivity contribution in [2.45, 2.75) is 13.0 Å². The standard InChI is InChI=1S/C20H23N3O2/c1-13-6-3-4-7-15(13)19-16-12-23(11-14(16)10-22(19)2)20(25)17-8-5-9-18(24)21-17/h3-9,14,16,19H,10-12H2,1-2H3,(H,21,24)/t14-,16+,19-/m0/s1. The highest BCUT2D eigenvalue weighted by Crippen LogP contribution is 2.44. The fraction of sp³-hybridized carbons (Fsp3) is 0.400. The topological polar surface area (TPSA) is 56.4 Å². The summed E-state index contributed by atoms with van der Waals surface area (Å²) in [5, 5.41) is 0. The zero-order valence-electron chi connectivity index (χ0n) is 14.6. The number of amides is 1. The van der Waals surface area contributed by atoms with E-state index in [1.54, 1.807) is 12.1 Å². The van der Waals surface area contributed by atoms with Crippen molar-refractivity contribution in [2.75, 3.05) is 26.7 Å². The molecule has 0 bridgehead atoms. The molecule has 3 heterocycles. The van der Waals surface area contributed by atoms with Crippen molar-refractivity contribution in [1.29, 1.82) is 0 Å². The van der Waals surface area contributed by atoms with Gasteiger partial charge in [0.1, 0.15) is 5.69 Å². The monoisotopic (exact) mass is 337 g/mol. The van der Waals surface area contributed by atoms with E-state index < -0.39 is 0 Å². The summed E-state index contributed by atoms with van der Waals surface area (Å²) >= 11 is 0. The minimum atomic E-state index is -0.234. The highest BCUT2D eigenvalue weighted by Gasteiger charge is 2.47. The summed E-state index contributed by atoms with van der Waals surface area (Å²) < 4.78 is 0. The number of hydrogen-bond donors (Lipinski definition) is 1. The predicted molar refractivity (Wildman–Crippen MR) is 96.5 cm³/mol. The first-order valence-electron chi connectivity index (χ1n) is 8.79. The number of aromatic amines is 1. The number of carbonyl (C=O) groups is 1. The van der Waals surface area contributed by atoms with Crippen LogP contribution in [-0.4, -0.2) is 47.4 Å². The second-order valence-corrected chi connectivity index (χ2v) is 7.30. The van der Waals surface area contributed by atoms with Crippen LogP contribution in [0, 0.1) is 18.8 Å². The molecular weight excluding hydrogens is 314 g/mol. The minimum Gasteiger partial charge on any atom is -0.337 e. The molecule has 2 aromatic rings. The lowest BCUT2D eigenvalue weighted by molar-refractivity contribution is 0.0761. The number of fused-ring (bicyclic) bond motifs is 1. The number of hydrogen-bond acceptors (Lipinski definition) is 3. The van der Waals surface area contributed by atoms with Crippen LogP contribution in [0.1, 0.15) is 27.7 Å². The Hall–Kier alpha value is -2.40. The molecule has 5 nitrogen and oxygen atoms in total. The number of nitrogens with zero attached hydrogens (tertiary/aromatic N) is 2. The lowest BCUT2D eigenvalue weighted by Crippen LogP contribution is -2.34. The maximum absolute atomic E-state index is 12.8. The normalized spacial score (nSPS) is 26.0. The van der Waals surface area contributed by atoms with Crippen LogP contribution in [0.3, 0.4) is 0 Å². The first-order valence-corrected chi connectivity index (χ1v) is 8.79. The number of carbonyl (C=O) groups excluding carboxylic acids is 1. The van der Waals surface area contributed by atoms with Gasteiger partial charge in [-0.15, -0.1) is 0 Å². The lowest BCUT2D eigenvalue weighted by atomic mass is 9.88. The molecule has 3 atom stereocenters. The summed E-state index contributed by atoms with van der Waals surface area (Å²) in [6.45, 7) is 4.65. The third-order valence-electron chi connectivity index (χ3n) is 5.69. The molecule has 4 rings (SSSR count). The van der Waals surface area contributed by atoms with Gasteiger partial charge in [-0.2, -0.15) is 0 Å². The van der Waals surface area contributed by atoms with Gasteiger partial charge in [0, 0.05) is 37.7 Å². The Labute approximate surface area is 147 Å². The molecule has 2 saturated heterocycles. The molecule has 0 saturated carbocycles. The maximum Gasteiger partial charge on any atom is 0.270 e. The molecule has 5 heteroatoms. The number of aromatic nitrogens is 1. The van der Waals surface area contributed by atoms with Gasteiger partial charge in [-0.05, 0) is 37.1 Å². The molecule has 130 valence electrons. The van der Waals surface area contributed by atoms with Gasteiger partial charge in [0.25, 0.3) is 5.91 Å². The molecule has 2 aliphatic heterocycles. The Morgan fingerprint density at radius 2 is 1.88 bits per heavy atom.